The average molecular weight is 854 g/mol. The minimum absolute atomic E-state index is 0. The van der Waals surface area contributed by atoms with Crippen LogP contribution in [0.15, 0.2) is 139 Å². The molecule has 0 spiro atoms. The summed E-state index contributed by atoms with van der Waals surface area (Å²) in [4.78, 5) is 0. The van der Waals surface area contributed by atoms with Crippen LogP contribution in [-0.2, 0) is 43.5 Å². The van der Waals surface area contributed by atoms with E-state index >= 15 is 0 Å². The summed E-state index contributed by atoms with van der Waals surface area (Å²) in [5, 5.41) is 2.79. The summed E-state index contributed by atoms with van der Waals surface area (Å²) >= 11 is 0. The predicted octanol–water partition coefficient (Wildman–Crippen LogP) is 6.00. The van der Waals surface area contributed by atoms with Gasteiger partial charge in [-0.3, -0.25) is 0 Å². The van der Waals surface area contributed by atoms with Gasteiger partial charge in [0.25, 0.3) is 0 Å². The van der Waals surface area contributed by atoms with Crippen molar-refractivity contribution in [1.82, 2.24) is 0 Å². The van der Waals surface area contributed by atoms with Crippen molar-refractivity contribution in [2.24, 2.45) is 0 Å². The van der Waals surface area contributed by atoms with Crippen LogP contribution in [0.4, 0.5) is 0 Å². The minimum atomic E-state index is 0. The topological polar surface area (TPSA) is 0 Å². The minimum Gasteiger partial charge on any atom is -1.00 e. The summed E-state index contributed by atoms with van der Waals surface area (Å²) < 4.78 is 0. The second kappa shape index (κ2) is 18.8. The molecule has 0 heterocycles. The zero-order chi connectivity index (χ0) is 36.5. The molecule has 4 heteroatoms. The van der Waals surface area contributed by atoms with E-state index in [1.807, 2.05) is 0 Å². The third kappa shape index (κ3) is 9.65. The molecule has 2 aliphatic carbocycles. The van der Waals surface area contributed by atoms with Gasteiger partial charge in [0.2, 0.25) is 0 Å². The fourth-order valence-electron chi connectivity index (χ4n) is 8.02. The summed E-state index contributed by atoms with van der Waals surface area (Å²) in [6, 6.07) is 52.3. The maximum absolute atomic E-state index is 3.85. The van der Waals surface area contributed by atoms with Gasteiger partial charge in [-0.15, -0.1) is 16.7 Å². The Morgan fingerprint density at radius 3 is 1.82 bits per heavy atom. The molecule has 0 saturated heterocycles. The summed E-state index contributed by atoms with van der Waals surface area (Å²) in [6.45, 7) is 16.3. The summed E-state index contributed by atoms with van der Waals surface area (Å²) in [6.07, 6.45) is 5.79. The molecule has 277 valence electrons. The van der Waals surface area contributed by atoms with Crippen LogP contribution in [0.5, 0.6) is 0 Å². The third-order valence-corrected chi connectivity index (χ3v) is 11.8. The zero-order valence-electron chi connectivity index (χ0n) is 33.2. The Morgan fingerprint density at radius 1 is 0.655 bits per heavy atom. The molecule has 2 aliphatic rings. The van der Waals surface area contributed by atoms with Crippen molar-refractivity contribution in [3.63, 3.8) is 0 Å². The number of benzene rings is 6. The quantitative estimate of drug-likeness (QED) is 0.143. The average Bonchev–Trinajstić information content (AvgIpc) is 3.70. The molecule has 0 fully saturated rings. The van der Waals surface area contributed by atoms with Crippen LogP contribution in [0.25, 0.3) is 28.3 Å². The zero-order valence-corrected chi connectivity index (χ0v) is 38.2. The first-order chi connectivity index (χ1) is 25.0. The molecule has 0 N–H and O–H groups in total. The van der Waals surface area contributed by atoms with Gasteiger partial charge in [0.1, 0.15) is 9.52 Å². The van der Waals surface area contributed by atoms with Crippen molar-refractivity contribution in [2.75, 3.05) is 0 Å². The molecule has 55 heavy (non-hydrogen) atoms. The molecule has 0 amide bonds. The Bertz CT molecular complexity index is 2170. The molecule has 6 aromatic carbocycles. The molecular formula is C51H51Cl2SiZr. The number of allylic oxidation sites excluding steroid dienone is 1. The van der Waals surface area contributed by atoms with Gasteiger partial charge in [-0.2, -0.15) is 17.7 Å². The van der Waals surface area contributed by atoms with Crippen molar-refractivity contribution >= 4 is 26.0 Å². The maximum atomic E-state index is 3.85. The normalized spacial score (nSPS) is 13.7. The number of fused-ring (bicyclic) bond motifs is 4. The van der Waals surface area contributed by atoms with Crippen molar-refractivity contribution in [3.8, 4) is 22.3 Å². The van der Waals surface area contributed by atoms with E-state index in [-0.39, 0.29) is 67.8 Å². The van der Waals surface area contributed by atoms with E-state index in [1.54, 1.807) is 5.57 Å². The van der Waals surface area contributed by atoms with Crippen LogP contribution in [0.2, 0.25) is 0 Å². The second-order valence-corrected chi connectivity index (χ2v) is 17.9. The van der Waals surface area contributed by atoms with Crippen LogP contribution in [0.3, 0.4) is 0 Å². The van der Waals surface area contributed by atoms with E-state index < -0.39 is 0 Å². The van der Waals surface area contributed by atoms with Crippen LogP contribution >= 0.6 is 0 Å². The first-order valence-corrected chi connectivity index (χ1v) is 20.0. The molecule has 0 aliphatic heterocycles. The Balaban J connectivity index is 0.000000358. The van der Waals surface area contributed by atoms with Gasteiger partial charge in [0.15, 0.2) is 0 Å². The van der Waals surface area contributed by atoms with E-state index in [1.165, 1.54) is 71.6 Å². The van der Waals surface area contributed by atoms with Crippen LogP contribution < -0.4 is 35.2 Å². The number of hydrogen-bond donors (Lipinski definition) is 0. The Hall–Kier alpha value is -3.26. The van der Waals surface area contributed by atoms with Gasteiger partial charge in [-0.05, 0) is 63.0 Å². The maximum Gasteiger partial charge on any atom is 3.00 e. The third-order valence-electron chi connectivity index (χ3n) is 10.6. The van der Waals surface area contributed by atoms with Gasteiger partial charge < -0.3 is 24.8 Å². The van der Waals surface area contributed by atoms with Crippen LogP contribution in [0.1, 0.15) is 106 Å². The molecular weight excluding hydrogens is 803 g/mol. The fourth-order valence-corrected chi connectivity index (χ4v) is 9.08. The molecule has 1 unspecified atom stereocenters. The standard InChI is InChI=1S/C39H41.C12H10Si.2ClH.Zr/c1-8-13-26-23-33-29(25-14-10-9-11-15-25)16-12-17-32(33)36(26)37-34-24-27-22-28(38(2,3)4)18-19-30(27)31(34)20-21-35(37)39(5,6)7;1-3-7-11(8-4-1)13-12-9-5-2-6-10-12;;;/h9-12,14-20,22-23,36H,8,13,24H2,1-7H3;1-10H;2*1H;/q-1;;;;+3/p-2. The second-order valence-electron chi connectivity index (χ2n) is 16.5. The Morgan fingerprint density at radius 2 is 1.25 bits per heavy atom. The Labute approximate surface area is 365 Å². The number of hydrogen-bond acceptors (Lipinski definition) is 0. The Kier molecular flexibility index (Phi) is 15.2. The first kappa shape index (κ1) is 44.5. The van der Waals surface area contributed by atoms with Crippen molar-refractivity contribution in [2.45, 2.75) is 84.5 Å². The van der Waals surface area contributed by atoms with Gasteiger partial charge in [-0.1, -0.05) is 210 Å². The fraction of sp³-hybridized carbons (Fsp3) is 0.255. The molecule has 6 aromatic rings. The summed E-state index contributed by atoms with van der Waals surface area (Å²) in [5.41, 5.74) is 17.3. The van der Waals surface area contributed by atoms with Crippen molar-refractivity contribution in [1.29, 1.82) is 0 Å². The van der Waals surface area contributed by atoms with E-state index in [2.05, 4.69) is 194 Å². The molecule has 0 saturated carbocycles. The van der Waals surface area contributed by atoms with E-state index in [9.17, 15) is 0 Å². The largest absolute Gasteiger partial charge is 3.00 e. The summed E-state index contributed by atoms with van der Waals surface area (Å²) in [5.74, 6) is 0.278. The van der Waals surface area contributed by atoms with E-state index in [0.29, 0.717) is 0 Å². The molecule has 3 radical (unpaired) electrons. The number of halogens is 2. The molecule has 0 nitrogen and oxygen atoms in total. The summed E-state index contributed by atoms with van der Waals surface area (Å²) in [7, 11) is 0.777. The molecule has 0 aromatic heterocycles. The van der Waals surface area contributed by atoms with Crippen molar-refractivity contribution in [3.05, 3.63) is 184 Å². The molecule has 8 rings (SSSR count). The van der Waals surface area contributed by atoms with Crippen LogP contribution in [-0.4, -0.2) is 9.52 Å². The van der Waals surface area contributed by atoms with Gasteiger partial charge in [0, 0.05) is 0 Å². The predicted molar refractivity (Wildman–Crippen MR) is 225 cm³/mol. The number of rotatable bonds is 6. The molecule has 1 atom stereocenters. The SMILES string of the molecule is CCCC1=Cc2c(-c3ccccc3)cccc2C1c1c(C(C)(C)C)[c-]cc2c1Cc1cc(C(C)(C)C)ccc1-2.[Cl-].[Cl-].[Zr+3].c1ccc([Si]c2ccccc2)cc1. The van der Waals surface area contributed by atoms with E-state index in [0.717, 1.165) is 28.8 Å². The van der Waals surface area contributed by atoms with Gasteiger partial charge >= 0.3 is 26.2 Å². The van der Waals surface area contributed by atoms with Crippen molar-refractivity contribution < 1.29 is 51.0 Å². The monoisotopic (exact) mass is 851 g/mol. The van der Waals surface area contributed by atoms with E-state index in [4.69, 9.17) is 0 Å². The van der Waals surface area contributed by atoms with Gasteiger partial charge in [-0.25, -0.2) is 0 Å². The molecule has 0 bridgehead atoms. The first-order valence-electron chi connectivity index (χ1n) is 19.0. The smallest absolute Gasteiger partial charge is 1.00 e. The van der Waals surface area contributed by atoms with Crippen LogP contribution in [0, 0.1) is 6.07 Å². The van der Waals surface area contributed by atoms with Gasteiger partial charge in [0.05, 0.1) is 0 Å².